The number of anilines is 2. The molecular formula is C23H18Br2FN5O. The van der Waals surface area contributed by atoms with Gasteiger partial charge < -0.3 is 10.6 Å². The number of hydrogen-bond acceptors (Lipinski definition) is 5. The largest absolute Gasteiger partial charge is 0.350 e. The number of nitrogens with one attached hydrogen (secondary N) is 2. The molecule has 2 N–H and O–H groups in total. The maximum absolute atomic E-state index is 13.3. The van der Waals surface area contributed by atoms with Gasteiger partial charge in [0.15, 0.2) is 0 Å². The summed E-state index contributed by atoms with van der Waals surface area (Å²) < 4.78 is 16.5. The van der Waals surface area contributed by atoms with E-state index in [4.69, 9.17) is 0 Å². The number of carbonyl (C=O) groups excluding carboxylic acids is 1. The van der Waals surface area contributed by atoms with Crippen molar-refractivity contribution in [2.45, 2.75) is 13.1 Å². The summed E-state index contributed by atoms with van der Waals surface area (Å²) in [6.45, 7) is 0.947. The topological polar surface area (TPSA) is 71.8 Å². The van der Waals surface area contributed by atoms with Gasteiger partial charge in [0, 0.05) is 27.6 Å². The predicted octanol–water partition coefficient (Wildman–Crippen LogP) is 5.85. The Bertz CT molecular complexity index is 1210. The first-order valence-corrected chi connectivity index (χ1v) is 11.3. The summed E-state index contributed by atoms with van der Waals surface area (Å²) in [5.41, 5.74) is 2.36. The van der Waals surface area contributed by atoms with Crippen LogP contribution in [-0.4, -0.2) is 20.7 Å². The Labute approximate surface area is 201 Å². The Kier molecular flexibility index (Phi) is 6.96. The molecule has 0 aliphatic heterocycles. The highest BCUT2D eigenvalue weighted by Crippen LogP contribution is 2.17. The Morgan fingerprint density at radius 3 is 1.91 bits per heavy atom. The molecular weight excluding hydrogens is 541 g/mol. The van der Waals surface area contributed by atoms with E-state index in [0.29, 0.717) is 30.5 Å². The molecule has 0 spiro atoms. The van der Waals surface area contributed by atoms with Gasteiger partial charge in [-0.3, -0.25) is 4.79 Å². The fraction of sp³-hybridized carbons (Fsp3) is 0.0870. The minimum Gasteiger partial charge on any atom is -0.350 e. The second-order valence-corrected chi connectivity index (χ2v) is 8.77. The smallest absolute Gasteiger partial charge is 0.281 e. The van der Waals surface area contributed by atoms with Crippen LogP contribution in [0.15, 0.2) is 81.7 Å². The Morgan fingerprint density at radius 1 is 0.812 bits per heavy atom. The maximum Gasteiger partial charge on any atom is 0.281 e. The van der Waals surface area contributed by atoms with Crippen molar-refractivity contribution in [3.8, 4) is 0 Å². The van der Waals surface area contributed by atoms with E-state index in [1.165, 1.54) is 28.9 Å². The first-order valence-electron chi connectivity index (χ1n) is 9.72. The van der Waals surface area contributed by atoms with Gasteiger partial charge in [0.05, 0.1) is 0 Å². The van der Waals surface area contributed by atoms with Gasteiger partial charge in [-0.15, -0.1) is 5.10 Å². The molecule has 1 aromatic heterocycles. The molecule has 0 aliphatic rings. The van der Waals surface area contributed by atoms with Crippen LogP contribution >= 0.6 is 31.9 Å². The molecule has 9 heteroatoms. The fourth-order valence-electron chi connectivity index (χ4n) is 2.92. The van der Waals surface area contributed by atoms with E-state index in [1.54, 1.807) is 0 Å². The number of nitrogens with zero attached hydrogens (tertiary/aromatic N) is 3. The lowest BCUT2D eigenvalue weighted by Gasteiger charge is -2.07. The third-order valence-electron chi connectivity index (χ3n) is 4.62. The van der Waals surface area contributed by atoms with Crippen molar-refractivity contribution in [2.75, 3.05) is 10.6 Å². The Hall–Kier alpha value is -3.04. The molecule has 0 saturated carbocycles. The Balaban J connectivity index is 1.56. The molecule has 0 radical (unpaired) electrons. The molecule has 0 atom stereocenters. The monoisotopic (exact) mass is 557 g/mol. The van der Waals surface area contributed by atoms with Crippen LogP contribution in [0.2, 0.25) is 0 Å². The quantitative estimate of drug-likeness (QED) is 0.297. The van der Waals surface area contributed by atoms with Gasteiger partial charge in [-0.05, 0) is 59.7 Å². The molecule has 4 aromatic rings. The highest BCUT2D eigenvalue weighted by molar-refractivity contribution is 9.10. The fourth-order valence-corrected chi connectivity index (χ4v) is 3.45. The zero-order valence-corrected chi connectivity index (χ0v) is 19.9. The van der Waals surface area contributed by atoms with E-state index in [9.17, 15) is 9.18 Å². The molecule has 6 nitrogen and oxygen atoms in total. The SMILES string of the molecule is O=C(c1ccc(F)cc1)n1nc(NCc2ccc(Br)cc2)nc1NCc1ccc(Br)cc1. The predicted molar refractivity (Wildman–Crippen MR) is 129 cm³/mol. The third-order valence-corrected chi connectivity index (χ3v) is 5.68. The Morgan fingerprint density at radius 2 is 1.34 bits per heavy atom. The molecule has 1 heterocycles. The van der Waals surface area contributed by atoms with Crippen LogP contribution in [-0.2, 0) is 13.1 Å². The number of halogens is 3. The van der Waals surface area contributed by atoms with Crippen LogP contribution in [0.5, 0.6) is 0 Å². The first-order chi connectivity index (χ1) is 15.5. The molecule has 32 heavy (non-hydrogen) atoms. The van der Waals surface area contributed by atoms with Gasteiger partial charge in [0.25, 0.3) is 5.91 Å². The standard InChI is InChI=1S/C23H18Br2FN5O/c24-18-7-1-15(2-8-18)13-27-22-29-23(28-14-16-3-9-19(25)10-4-16)31(30-22)21(32)17-5-11-20(26)12-6-17/h1-12H,13-14H2,(H2,27,28,29,30). The molecule has 0 aliphatic carbocycles. The molecule has 0 fully saturated rings. The van der Waals surface area contributed by atoms with Gasteiger partial charge in [0.2, 0.25) is 11.9 Å². The first kappa shape index (κ1) is 22.2. The number of aromatic nitrogens is 3. The summed E-state index contributed by atoms with van der Waals surface area (Å²) in [7, 11) is 0. The van der Waals surface area contributed by atoms with Gasteiger partial charge in [-0.25, -0.2) is 4.39 Å². The average Bonchev–Trinajstić information content (AvgIpc) is 3.21. The highest BCUT2D eigenvalue weighted by atomic mass is 79.9. The maximum atomic E-state index is 13.3. The molecule has 0 amide bonds. The second-order valence-electron chi connectivity index (χ2n) is 6.94. The van der Waals surface area contributed by atoms with Crippen LogP contribution in [0.4, 0.5) is 16.3 Å². The minimum absolute atomic E-state index is 0.292. The van der Waals surface area contributed by atoms with Crippen molar-refractivity contribution >= 4 is 49.7 Å². The van der Waals surface area contributed by atoms with Crippen molar-refractivity contribution in [3.63, 3.8) is 0 Å². The van der Waals surface area contributed by atoms with Crippen molar-refractivity contribution < 1.29 is 9.18 Å². The van der Waals surface area contributed by atoms with Gasteiger partial charge >= 0.3 is 0 Å². The normalized spacial score (nSPS) is 10.7. The molecule has 0 unspecified atom stereocenters. The number of benzene rings is 3. The van der Waals surface area contributed by atoms with Crippen LogP contribution < -0.4 is 10.6 Å². The number of carbonyl (C=O) groups is 1. The summed E-state index contributed by atoms with van der Waals surface area (Å²) in [5, 5.41) is 10.7. The summed E-state index contributed by atoms with van der Waals surface area (Å²) >= 11 is 6.83. The molecule has 3 aromatic carbocycles. The van der Waals surface area contributed by atoms with E-state index in [0.717, 1.165) is 20.1 Å². The van der Waals surface area contributed by atoms with Crippen LogP contribution in [0, 0.1) is 5.82 Å². The van der Waals surface area contributed by atoms with Crippen molar-refractivity contribution in [2.24, 2.45) is 0 Å². The van der Waals surface area contributed by atoms with Gasteiger partial charge in [-0.2, -0.15) is 9.67 Å². The van der Waals surface area contributed by atoms with Crippen LogP contribution in [0.1, 0.15) is 21.5 Å². The molecule has 4 rings (SSSR count). The van der Waals surface area contributed by atoms with E-state index in [-0.39, 0.29) is 0 Å². The molecule has 0 bridgehead atoms. The zero-order valence-electron chi connectivity index (χ0n) is 16.7. The summed E-state index contributed by atoms with van der Waals surface area (Å²) in [6.07, 6.45) is 0. The van der Waals surface area contributed by atoms with Gasteiger partial charge in [-0.1, -0.05) is 56.1 Å². The number of hydrogen-bond donors (Lipinski definition) is 2. The number of rotatable bonds is 7. The van der Waals surface area contributed by atoms with Crippen molar-refractivity contribution in [1.29, 1.82) is 0 Å². The summed E-state index contributed by atoms with van der Waals surface area (Å²) in [4.78, 5) is 17.5. The van der Waals surface area contributed by atoms with Crippen LogP contribution in [0.25, 0.3) is 0 Å². The third kappa shape index (κ3) is 5.60. The van der Waals surface area contributed by atoms with E-state index >= 15 is 0 Å². The lowest BCUT2D eigenvalue weighted by molar-refractivity contribution is 0.0947. The van der Waals surface area contributed by atoms with E-state index in [2.05, 4.69) is 52.6 Å². The van der Waals surface area contributed by atoms with Crippen LogP contribution in [0.3, 0.4) is 0 Å². The molecule has 162 valence electrons. The lowest BCUT2D eigenvalue weighted by Crippen LogP contribution is -2.17. The zero-order chi connectivity index (χ0) is 22.5. The van der Waals surface area contributed by atoms with E-state index in [1.807, 2.05) is 48.5 Å². The van der Waals surface area contributed by atoms with E-state index < -0.39 is 11.7 Å². The summed E-state index contributed by atoms with van der Waals surface area (Å²) in [6, 6.07) is 21.0. The van der Waals surface area contributed by atoms with Crippen molar-refractivity contribution in [3.05, 3.63) is 104 Å². The minimum atomic E-state index is -0.411. The highest BCUT2D eigenvalue weighted by Gasteiger charge is 2.18. The lowest BCUT2D eigenvalue weighted by atomic mass is 10.2. The van der Waals surface area contributed by atoms with Crippen molar-refractivity contribution in [1.82, 2.24) is 14.8 Å². The summed E-state index contributed by atoms with van der Waals surface area (Å²) in [5.74, 6) is -0.222. The average molecular weight is 559 g/mol. The molecule has 0 saturated heterocycles. The second kappa shape index (κ2) is 10.1. The van der Waals surface area contributed by atoms with Gasteiger partial charge in [0.1, 0.15) is 5.82 Å².